The van der Waals surface area contributed by atoms with Crippen molar-refractivity contribution in [1.29, 1.82) is 0 Å². The van der Waals surface area contributed by atoms with Gasteiger partial charge < -0.3 is 0 Å². The van der Waals surface area contributed by atoms with E-state index in [1.165, 1.54) is 18.5 Å². The molecule has 0 amide bonds. The maximum Gasteiger partial charge on any atom is 0.183 e. The minimum atomic E-state index is -0.212. The Kier molecular flexibility index (Phi) is 3.01. The van der Waals surface area contributed by atoms with Crippen molar-refractivity contribution in [3.05, 3.63) is 42.0 Å². The number of thioether (sulfide) groups is 1. The first kappa shape index (κ1) is 10.2. The van der Waals surface area contributed by atoms with E-state index in [0.29, 0.717) is 0 Å². The van der Waals surface area contributed by atoms with E-state index in [4.69, 9.17) is 0 Å². The number of H-pyrrole nitrogens is 1. The number of benzene rings is 1. The molecule has 0 saturated heterocycles. The summed E-state index contributed by atoms with van der Waals surface area (Å²) in [7, 11) is 0. The average molecular weight is 223 g/mol. The fourth-order valence-corrected chi connectivity index (χ4v) is 2.06. The first-order valence-electron chi connectivity index (χ1n) is 4.53. The van der Waals surface area contributed by atoms with E-state index in [-0.39, 0.29) is 11.1 Å². The molecule has 2 aromatic rings. The highest BCUT2D eigenvalue weighted by Crippen LogP contribution is 2.32. The summed E-state index contributed by atoms with van der Waals surface area (Å²) in [5.74, 6) is -0.212. The lowest BCUT2D eigenvalue weighted by Crippen LogP contribution is -1.89. The molecule has 0 spiro atoms. The molecule has 2 rings (SSSR count). The van der Waals surface area contributed by atoms with Crippen LogP contribution in [0.4, 0.5) is 4.39 Å². The molecule has 1 aromatic carbocycles. The third kappa shape index (κ3) is 2.56. The third-order valence-electron chi connectivity index (χ3n) is 2.02. The molecule has 1 atom stereocenters. The van der Waals surface area contributed by atoms with E-state index in [9.17, 15) is 4.39 Å². The van der Waals surface area contributed by atoms with Gasteiger partial charge in [-0.3, -0.25) is 5.10 Å². The Labute approximate surface area is 91.1 Å². The van der Waals surface area contributed by atoms with E-state index in [1.54, 1.807) is 23.9 Å². The van der Waals surface area contributed by atoms with Crippen molar-refractivity contribution in [2.45, 2.75) is 17.3 Å². The summed E-state index contributed by atoms with van der Waals surface area (Å²) in [4.78, 5) is 4.02. The van der Waals surface area contributed by atoms with Crippen LogP contribution < -0.4 is 0 Å². The van der Waals surface area contributed by atoms with Gasteiger partial charge in [0.15, 0.2) is 5.16 Å². The van der Waals surface area contributed by atoms with Gasteiger partial charge in [-0.15, -0.1) is 0 Å². The lowest BCUT2D eigenvalue weighted by atomic mass is 10.2. The second-order valence-electron chi connectivity index (χ2n) is 3.10. The summed E-state index contributed by atoms with van der Waals surface area (Å²) in [6.45, 7) is 2.04. The highest BCUT2D eigenvalue weighted by Gasteiger charge is 2.08. The Balaban J connectivity index is 2.08. The Morgan fingerprint density at radius 2 is 2.07 bits per heavy atom. The van der Waals surface area contributed by atoms with Crippen LogP contribution in [0.1, 0.15) is 17.7 Å². The summed E-state index contributed by atoms with van der Waals surface area (Å²) in [5, 5.41) is 7.53. The van der Waals surface area contributed by atoms with Gasteiger partial charge in [0.1, 0.15) is 12.1 Å². The molecule has 0 aliphatic heterocycles. The molecule has 1 heterocycles. The summed E-state index contributed by atoms with van der Waals surface area (Å²) in [6, 6.07) is 6.49. The SMILES string of the molecule is C[C@H](Sc1ncn[nH]1)c1ccc(F)cc1. The molecule has 0 fully saturated rings. The van der Waals surface area contributed by atoms with Crippen LogP contribution in [0.5, 0.6) is 0 Å². The van der Waals surface area contributed by atoms with Crippen molar-refractivity contribution in [3.8, 4) is 0 Å². The molecule has 3 nitrogen and oxygen atoms in total. The Bertz CT molecular complexity index is 413. The van der Waals surface area contributed by atoms with Gasteiger partial charge in [-0.25, -0.2) is 9.37 Å². The van der Waals surface area contributed by atoms with Crippen LogP contribution in [0.2, 0.25) is 0 Å². The third-order valence-corrected chi connectivity index (χ3v) is 3.07. The maximum absolute atomic E-state index is 12.7. The second-order valence-corrected chi connectivity index (χ2v) is 4.43. The van der Waals surface area contributed by atoms with Crippen molar-refractivity contribution < 1.29 is 4.39 Å². The lowest BCUT2D eigenvalue weighted by Gasteiger charge is -2.08. The number of hydrogen-bond donors (Lipinski definition) is 1. The van der Waals surface area contributed by atoms with Gasteiger partial charge in [-0.1, -0.05) is 23.9 Å². The summed E-state index contributed by atoms with van der Waals surface area (Å²) >= 11 is 1.56. The number of aromatic amines is 1. The normalized spacial score (nSPS) is 12.7. The Morgan fingerprint density at radius 1 is 1.33 bits per heavy atom. The number of rotatable bonds is 3. The smallest absolute Gasteiger partial charge is 0.183 e. The largest absolute Gasteiger partial charge is 0.254 e. The molecule has 78 valence electrons. The molecule has 0 aliphatic rings. The number of nitrogens with zero attached hydrogens (tertiary/aromatic N) is 2. The zero-order valence-corrected chi connectivity index (χ0v) is 8.96. The first-order chi connectivity index (χ1) is 7.25. The molecule has 1 N–H and O–H groups in total. The monoisotopic (exact) mass is 223 g/mol. The molecule has 0 unspecified atom stereocenters. The van der Waals surface area contributed by atoms with Crippen LogP contribution in [-0.2, 0) is 0 Å². The van der Waals surface area contributed by atoms with Crippen LogP contribution in [0, 0.1) is 5.82 Å². The minimum absolute atomic E-state index is 0.212. The molecule has 0 saturated carbocycles. The average Bonchev–Trinajstić information content (AvgIpc) is 2.71. The van der Waals surface area contributed by atoms with Gasteiger partial charge in [-0.05, 0) is 24.6 Å². The summed E-state index contributed by atoms with van der Waals surface area (Å²) < 4.78 is 12.7. The van der Waals surface area contributed by atoms with E-state index >= 15 is 0 Å². The van der Waals surface area contributed by atoms with Crippen LogP contribution >= 0.6 is 11.8 Å². The molecule has 0 radical (unpaired) electrons. The highest BCUT2D eigenvalue weighted by molar-refractivity contribution is 7.99. The van der Waals surface area contributed by atoms with Crippen LogP contribution in [0.15, 0.2) is 35.7 Å². The highest BCUT2D eigenvalue weighted by atomic mass is 32.2. The van der Waals surface area contributed by atoms with Gasteiger partial charge >= 0.3 is 0 Å². The lowest BCUT2D eigenvalue weighted by molar-refractivity contribution is 0.627. The van der Waals surface area contributed by atoms with E-state index in [0.717, 1.165) is 10.7 Å². The standard InChI is InChI=1S/C10H10FN3S/c1-7(15-10-12-6-13-14-10)8-2-4-9(11)5-3-8/h2-7H,1H3,(H,12,13,14)/t7-/m0/s1. The molecule has 5 heteroatoms. The van der Waals surface area contributed by atoms with Crippen molar-refractivity contribution in [3.63, 3.8) is 0 Å². The first-order valence-corrected chi connectivity index (χ1v) is 5.41. The van der Waals surface area contributed by atoms with Crippen LogP contribution in [-0.4, -0.2) is 15.2 Å². The van der Waals surface area contributed by atoms with Crippen LogP contribution in [0.25, 0.3) is 0 Å². The van der Waals surface area contributed by atoms with E-state index < -0.39 is 0 Å². The molecular weight excluding hydrogens is 213 g/mol. The fourth-order valence-electron chi connectivity index (χ4n) is 1.22. The van der Waals surface area contributed by atoms with Gasteiger partial charge in [0.25, 0.3) is 0 Å². The molecule has 0 aliphatic carbocycles. The topological polar surface area (TPSA) is 41.6 Å². The maximum atomic E-state index is 12.7. The van der Waals surface area contributed by atoms with Crippen LogP contribution in [0.3, 0.4) is 0 Å². The van der Waals surface area contributed by atoms with Crippen molar-refractivity contribution in [1.82, 2.24) is 15.2 Å². The number of aromatic nitrogens is 3. The second kappa shape index (κ2) is 4.44. The zero-order chi connectivity index (χ0) is 10.7. The molecule has 0 bridgehead atoms. The molecule has 15 heavy (non-hydrogen) atoms. The summed E-state index contributed by atoms with van der Waals surface area (Å²) in [5.41, 5.74) is 1.07. The minimum Gasteiger partial charge on any atom is -0.254 e. The zero-order valence-electron chi connectivity index (χ0n) is 8.14. The van der Waals surface area contributed by atoms with Gasteiger partial charge in [0.2, 0.25) is 0 Å². The van der Waals surface area contributed by atoms with Gasteiger partial charge in [-0.2, -0.15) is 5.10 Å². The van der Waals surface area contributed by atoms with E-state index in [1.807, 2.05) is 6.92 Å². The number of halogens is 1. The van der Waals surface area contributed by atoms with E-state index in [2.05, 4.69) is 15.2 Å². The predicted octanol–water partition coefficient (Wildman–Crippen LogP) is 2.80. The molecular formula is C10H10FN3S. The Hall–Kier alpha value is -1.36. The van der Waals surface area contributed by atoms with Crippen molar-refractivity contribution in [2.24, 2.45) is 0 Å². The van der Waals surface area contributed by atoms with Gasteiger partial charge in [0, 0.05) is 5.25 Å². The predicted molar refractivity (Wildman–Crippen MR) is 57.1 cm³/mol. The fraction of sp³-hybridized carbons (Fsp3) is 0.200. The summed E-state index contributed by atoms with van der Waals surface area (Å²) in [6.07, 6.45) is 1.47. The Morgan fingerprint density at radius 3 is 2.67 bits per heavy atom. The molecule has 1 aromatic heterocycles. The van der Waals surface area contributed by atoms with Crippen molar-refractivity contribution in [2.75, 3.05) is 0 Å². The van der Waals surface area contributed by atoms with Gasteiger partial charge in [0.05, 0.1) is 0 Å². The quantitative estimate of drug-likeness (QED) is 0.813. The van der Waals surface area contributed by atoms with Crippen molar-refractivity contribution >= 4 is 11.8 Å². The number of nitrogens with one attached hydrogen (secondary N) is 1. The number of hydrogen-bond acceptors (Lipinski definition) is 3.